The molecule has 2 aromatic carbocycles. The molecular weight excluding hydrogens is 536 g/mol. The standard InChI is InChI=1S/C32H34N4O6/c1-42-28-11-5-9-23-22(28)16-25(34-23)32(41)36-17-20-7-3-2-6-18(20)15-26(36)30(39)35-24(14-19-8-4-10-27(19)37)29(38)31(40)33-21-12-13-21/h2-3,5-7,9,11,16,19,21,24,26,34H,4,8,10,12-15,17H2,1H3,(H,33,40)(H,35,39)/t19-,24-,26-/m0/s1. The van der Waals surface area contributed by atoms with Crippen LogP contribution in [0.3, 0.4) is 0 Å². The third-order valence-corrected chi connectivity index (χ3v) is 8.61. The van der Waals surface area contributed by atoms with Gasteiger partial charge in [-0.25, -0.2) is 0 Å². The van der Waals surface area contributed by atoms with Gasteiger partial charge in [0.15, 0.2) is 0 Å². The summed E-state index contributed by atoms with van der Waals surface area (Å²) in [7, 11) is 1.56. The molecule has 0 radical (unpaired) electrons. The van der Waals surface area contributed by atoms with E-state index in [1.165, 1.54) is 4.90 Å². The molecule has 0 saturated heterocycles. The Bertz CT molecular complexity index is 1570. The van der Waals surface area contributed by atoms with Gasteiger partial charge in [0.2, 0.25) is 11.7 Å². The number of nitrogens with one attached hydrogen (secondary N) is 3. The molecule has 42 heavy (non-hydrogen) atoms. The van der Waals surface area contributed by atoms with Gasteiger partial charge in [-0.2, -0.15) is 0 Å². The lowest BCUT2D eigenvalue weighted by molar-refractivity contribution is -0.141. The van der Waals surface area contributed by atoms with Crippen LogP contribution in [0.4, 0.5) is 0 Å². The highest BCUT2D eigenvalue weighted by Gasteiger charge is 2.40. The maximum absolute atomic E-state index is 14.0. The first kappa shape index (κ1) is 27.7. The number of fused-ring (bicyclic) bond motifs is 2. The summed E-state index contributed by atoms with van der Waals surface area (Å²) in [5, 5.41) is 6.24. The van der Waals surface area contributed by atoms with Crippen molar-refractivity contribution in [3.8, 4) is 5.75 Å². The average molecular weight is 571 g/mol. The second-order valence-corrected chi connectivity index (χ2v) is 11.5. The molecule has 0 bridgehead atoms. The lowest BCUT2D eigenvalue weighted by atomic mass is 9.91. The predicted octanol–water partition coefficient (Wildman–Crippen LogP) is 2.84. The van der Waals surface area contributed by atoms with Crippen LogP contribution in [0.1, 0.15) is 60.1 Å². The molecule has 0 spiro atoms. The van der Waals surface area contributed by atoms with Crippen LogP contribution in [0.15, 0.2) is 48.5 Å². The SMILES string of the molecule is COc1cccc2[nH]c(C(=O)N3Cc4ccccc4C[C@H]3C(=O)N[C@@H](C[C@@H]3CCCC3=O)C(=O)C(=O)NC3CC3)cc12. The molecule has 2 aliphatic carbocycles. The zero-order chi connectivity index (χ0) is 29.4. The molecule has 1 aliphatic heterocycles. The smallest absolute Gasteiger partial charge is 0.289 e. The van der Waals surface area contributed by atoms with Gasteiger partial charge in [-0.1, -0.05) is 30.3 Å². The minimum Gasteiger partial charge on any atom is -0.496 e. The number of carbonyl (C=O) groups is 5. The third kappa shape index (κ3) is 5.53. The molecule has 2 saturated carbocycles. The number of aromatic nitrogens is 1. The van der Waals surface area contributed by atoms with Crippen LogP contribution in [0.25, 0.3) is 10.9 Å². The fourth-order valence-electron chi connectivity index (χ4n) is 6.11. The molecule has 3 amide bonds. The van der Waals surface area contributed by atoms with Crippen molar-refractivity contribution < 1.29 is 28.7 Å². The van der Waals surface area contributed by atoms with E-state index in [2.05, 4.69) is 15.6 Å². The highest BCUT2D eigenvalue weighted by Crippen LogP contribution is 2.30. The number of ketones is 2. The number of carbonyl (C=O) groups excluding carboxylic acids is 5. The highest BCUT2D eigenvalue weighted by molar-refractivity contribution is 6.38. The van der Waals surface area contributed by atoms with Crippen LogP contribution in [0.2, 0.25) is 0 Å². The first-order valence-corrected chi connectivity index (χ1v) is 14.5. The van der Waals surface area contributed by atoms with Crippen LogP contribution in [-0.4, -0.2) is 64.4 Å². The van der Waals surface area contributed by atoms with E-state index in [-0.39, 0.29) is 43.0 Å². The van der Waals surface area contributed by atoms with Gasteiger partial charge >= 0.3 is 0 Å². The highest BCUT2D eigenvalue weighted by atomic mass is 16.5. The summed E-state index contributed by atoms with van der Waals surface area (Å²) < 4.78 is 5.45. The molecule has 3 aliphatic rings. The maximum Gasteiger partial charge on any atom is 0.289 e. The van der Waals surface area contributed by atoms with Crippen LogP contribution >= 0.6 is 0 Å². The molecule has 0 unspecified atom stereocenters. The molecular formula is C32H34N4O6. The van der Waals surface area contributed by atoms with Gasteiger partial charge in [-0.15, -0.1) is 0 Å². The lowest BCUT2D eigenvalue weighted by Crippen LogP contribution is -2.57. The van der Waals surface area contributed by atoms with Gasteiger partial charge in [0, 0.05) is 42.2 Å². The number of nitrogens with zero attached hydrogens (tertiary/aromatic N) is 1. The summed E-state index contributed by atoms with van der Waals surface area (Å²) in [5.41, 5.74) is 2.89. The van der Waals surface area contributed by atoms with Crippen molar-refractivity contribution in [3.05, 3.63) is 65.4 Å². The number of Topliss-reactive ketones (excluding diaryl/α,β-unsaturated/α-hetero) is 2. The number of hydrogen-bond donors (Lipinski definition) is 3. The van der Waals surface area contributed by atoms with Crippen molar-refractivity contribution in [3.63, 3.8) is 0 Å². The van der Waals surface area contributed by atoms with E-state index in [9.17, 15) is 24.0 Å². The van der Waals surface area contributed by atoms with Gasteiger partial charge in [0.05, 0.1) is 13.2 Å². The van der Waals surface area contributed by atoms with Gasteiger partial charge in [0.1, 0.15) is 23.3 Å². The van der Waals surface area contributed by atoms with Crippen LogP contribution < -0.4 is 15.4 Å². The second-order valence-electron chi connectivity index (χ2n) is 11.5. The molecule has 10 heteroatoms. The van der Waals surface area contributed by atoms with Gasteiger partial charge < -0.3 is 25.3 Å². The van der Waals surface area contributed by atoms with Crippen LogP contribution in [-0.2, 0) is 32.1 Å². The quantitative estimate of drug-likeness (QED) is 0.339. The monoisotopic (exact) mass is 570 g/mol. The molecule has 6 rings (SSSR count). The fourth-order valence-corrected chi connectivity index (χ4v) is 6.11. The number of benzene rings is 2. The zero-order valence-corrected chi connectivity index (χ0v) is 23.5. The first-order valence-electron chi connectivity index (χ1n) is 14.5. The fraction of sp³-hybridized carbons (Fsp3) is 0.406. The molecule has 1 aromatic heterocycles. The number of methoxy groups -OCH3 is 1. The average Bonchev–Trinajstić information content (AvgIpc) is 3.55. The summed E-state index contributed by atoms with van der Waals surface area (Å²) in [4.78, 5) is 71.0. The van der Waals surface area contributed by atoms with Gasteiger partial charge in [0.25, 0.3) is 11.8 Å². The van der Waals surface area contributed by atoms with E-state index in [1.54, 1.807) is 13.2 Å². The van der Waals surface area contributed by atoms with Crippen molar-refractivity contribution in [2.75, 3.05) is 7.11 Å². The molecule has 10 nitrogen and oxygen atoms in total. The minimum absolute atomic E-state index is 0.0243. The van der Waals surface area contributed by atoms with Crippen LogP contribution in [0.5, 0.6) is 5.75 Å². The largest absolute Gasteiger partial charge is 0.496 e. The minimum atomic E-state index is -1.16. The summed E-state index contributed by atoms with van der Waals surface area (Å²) in [6, 6.07) is 12.7. The molecule has 3 N–H and O–H groups in total. The number of hydrogen-bond acceptors (Lipinski definition) is 6. The number of rotatable bonds is 9. The normalized spacial score (nSPS) is 20.6. The van der Waals surface area contributed by atoms with E-state index in [4.69, 9.17) is 4.74 Å². The van der Waals surface area contributed by atoms with Crippen molar-refractivity contribution >= 4 is 40.2 Å². The molecule has 218 valence electrons. The Morgan fingerprint density at radius 3 is 2.55 bits per heavy atom. The van der Waals surface area contributed by atoms with E-state index in [0.717, 1.165) is 41.3 Å². The third-order valence-electron chi connectivity index (χ3n) is 8.61. The Hall–Kier alpha value is -4.47. The summed E-state index contributed by atoms with van der Waals surface area (Å²) >= 11 is 0. The zero-order valence-electron chi connectivity index (χ0n) is 23.5. The Labute approximate surface area is 243 Å². The van der Waals surface area contributed by atoms with E-state index in [1.807, 2.05) is 42.5 Å². The number of ether oxygens (including phenoxy) is 1. The Morgan fingerprint density at radius 1 is 1.05 bits per heavy atom. The number of H-pyrrole nitrogens is 1. The maximum atomic E-state index is 14.0. The van der Waals surface area contributed by atoms with E-state index in [0.29, 0.717) is 24.3 Å². The summed E-state index contributed by atoms with van der Waals surface area (Å²) in [6.07, 6.45) is 3.72. The van der Waals surface area contributed by atoms with Crippen LogP contribution in [0, 0.1) is 5.92 Å². The van der Waals surface area contributed by atoms with E-state index < -0.39 is 29.7 Å². The number of amides is 3. The molecule has 2 fully saturated rings. The summed E-state index contributed by atoms with van der Waals surface area (Å²) in [6.45, 7) is 0.196. The van der Waals surface area contributed by atoms with Crippen molar-refractivity contribution in [2.24, 2.45) is 5.92 Å². The van der Waals surface area contributed by atoms with Gasteiger partial charge in [-0.3, -0.25) is 24.0 Å². The van der Waals surface area contributed by atoms with Crippen molar-refractivity contribution in [1.82, 2.24) is 20.5 Å². The number of aromatic amines is 1. The topological polar surface area (TPSA) is 138 Å². The van der Waals surface area contributed by atoms with Gasteiger partial charge in [-0.05, 0) is 61.4 Å². The Balaban J connectivity index is 1.29. The lowest BCUT2D eigenvalue weighted by Gasteiger charge is -2.36. The Kier molecular flexibility index (Phi) is 7.53. The van der Waals surface area contributed by atoms with Crippen molar-refractivity contribution in [2.45, 2.75) is 69.6 Å². The van der Waals surface area contributed by atoms with Crippen molar-refractivity contribution in [1.29, 1.82) is 0 Å². The predicted molar refractivity (Wildman–Crippen MR) is 154 cm³/mol. The molecule has 3 atom stereocenters. The second kappa shape index (κ2) is 11.4. The Morgan fingerprint density at radius 2 is 1.83 bits per heavy atom. The molecule has 3 aromatic rings. The molecule has 2 heterocycles. The first-order chi connectivity index (χ1) is 20.3. The van der Waals surface area contributed by atoms with E-state index >= 15 is 0 Å². The summed E-state index contributed by atoms with van der Waals surface area (Å²) in [5.74, 6) is -2.14.